The van der Waals surface area contributed by atoms with E-state index in [1.165, 1.54) is 0 Å². The van der Waals surface area contributed by atoms with Gasteiger partial charge in [0.15, 0.2) is 0 Å². The molecule has 1 unspecified atom stereocenters. The van der Waals surface area contributed by atoms with E-state index in [9.17, 15) is 9.59 Å². The topological polar surface area (TPSA) is 49.4 Å². The van der Waals surface area contributed by atoms with Crippen molar-refractivity contribution in [3.8, 4) is 0 Å². The quantitative estimate of drug-likeness (QED) is 0.866. The maximum atomic E-state index is 13.1. The van der Waals surface area contributed by atoms with Crippen LogP contribution in [0.15, 0.2) is 0 Å². The Hall–Kier alpha value is -0.710. The number of nitrogens with one attached hydrogen (secondary N) is 1. The van der Waals surface area contributed by atoms with Crippen LogP contribution >= 0.6 is 11.8 Å². The zero-order valence-electron chi connectivity index (χ0n) is 13.3. The van der Waals surface area contributed by atoms with Crippen molar-refractivity contribution >= 4 is 23.6 Å². The van der Waals surface area contributed by atoms with Gasteiger partial charge in [0, 0.05) is 11.3 Å². The van der Waals surface area contributed by atoms with E-state index >= 15 is 0 Å². The van der Waals surface area contributed by atoms with Gasteiger partial charge in [-0.25, -0.2) is 0 Å². The second kappa shape index (κ2) is 5.18. The van der Waals surface area contributed by atoms with Gasteiger partial charge < -0.3 is 10.2 Å². The van der Waals surface area contributed by atoms with Gasteiger partial charge in [-0.2, -0.15) is 11.8 Å². The summed E-state index contributed by atoms with van der Waals surface area (Å²) in [5, 5.41) is 3.09. The summed E-state index contributed by atoms with van der Waals surface area (Å²) < 4.78 is 0.209. The number of carbonyl (C=O) groups is 2. The first-order valence-corrected chi connectivity index (χ1v) is 9.34. The molecule has 1 heterocycles. The van der Waals surface area contributed by atoms with E-state index in [1.807, 2.05) is 30.5 Å². The molecule has 3 fully saturated rings. The van der Waals surface area contributed by atoms with Gasteiger partial charge in [-0.15, -0.1) is 0 Å². The van der Waals surface area contributed by atoms with E-state index in [1.54, 1.807) is 0 Å². The zero-order chi connectivity index (χ0) is 15.3. The van der Waals surface area contributed by atoms with Crippen LogP contribution in [-0.2, 0) is 9.59 Å². The molecule has 5 heteroatoms. The van der Waals surface area contributed by atoms with E-state index in [0.717, 1.165) is 45.1 Å². The molecular formula is C16H26N2O2S. The molecule has 1 aliphatic heterocycles. The summed E-state index contributed by atoms with van der Waals surface area (Å²) in [5.74, 6) is 0.396. The van der Waals surface area contributed by atoms with Crippen molar-refractivity contribution in [2.75, 3.05) is 12.8 Å². The monoisotopic (exact) mass is 310 g/mol. The molecule has 4 nitrogen and oxygen atoms in total. The Morgan fingerprint density at radius 2 is 1.86 bits per heavy atom. The van der Waals surface area contributed by atoms with Crippen LogP contribution in [0.1, 0.15) is 52.4 Å². The van der Waals surface area contributed by atoms with E-state index in [0.29, 0.717) is 0 Å². The summed E-state index contributed by atoms with van der Waals surface area (Å²) >= 11 is 1.85. The van der Waals surface area contributed by atoms with Crippen molar-refractivity contribution in [1.29, 1.82) is 0 Å². The third-order valence-electron chi connectivity index (χ3n) is 5.42. The fourth-order valence-electron chi connectivity index (χ4n) is 3.93. The first kappa shape index (κ1) is 15.2. The molecule has 3 rings (SSSR count). The third-order valence-corrected chi connectivity index (χ3v) is 6.83. The Bertz CT molecular complexity index is 453. The number of amides is 2. The van der Waals surface area contributed by atoms with Crippen LogP contribution in [0.3, 0.4) is 0 Å². The molecule has 118 valence electrons. The van der Waals surface area contributed by atoms with Gasteiger partial charge in [0.25, 0.3) is 0 Å². The smallest absolute Gasteiger partial charge is 0.249 e. The molecule has 1 N–H and O–H groups in total. The minimum absolute atomic E-state index is 0.0587. The van der Waals surface area contributed by atoms with Gasteiger partial charge in [-0.1, -0.05) is 26.7 Å². The number of rotatable bonds is 4. The molecule has 21 heavy (non-hydrogen) atoms. The Labute approximate surface area is 131 Å². The molecule has 0 bridgehead atoms. The summed E-state index contributed by atoms with van der Waals surface area (Å²) in [6, 6.07) is -0.298. The Morgan fingerprint density at radius 3 is 2.33 bits per heavy atom. The molecule has 0 radical (unpaired) electrons. The van der Waals surface area contributed by atoms with Gasteiger partial charge in [0.05, 0.1) is 0 Å². The number of carbonyl (C=O) groups excluding carboxylic acids is 2. The fraction of sp³-hybridized carbons (Fsp3) is 0.875. The maximum absolute atomic E-state index is 13.1. The van der Waals surface area contributed by atoms with E-state index in [-0.39, 0.29) is 28.5 Å². The summed E-state index contributed by atoms with van der Waals surface area (Å²) in [4.78, 5) is 27.7. The lowest BCUT2D eigenvalue weighted by Crippen LogP contribution is -2.71. The highest BCUT2D eigenvalue weighted by atomic mass is 32.2. The maximum Gasteiger partial charge on any atom is 0.249 e. The van der Waals surface area contributed by atoms with Crippen molar-refractivity contribution in [2.45, 2.75) is 68.7 Å². The van der Waals surface area contributed by atoms with Crippen molar-refractivity contribution in [2.24, 2.45) is 5.92 Å². The Kier molecular flexibility index (Phi) is 3.75. The van der Waals surface area contributed by atoms with Crippen LogP contribution in [-0.4, -0.2) is 45.8 Å². The number of hydrogen-bond donors (Lipinski definition) is 1. The highest BCUT2D eigenvalue weighted by molar-refractivity contribution is 8.00. The number of hydrogen-bond acceptors (Lipinski definition) is 3. The van der Waals surface area contributed by atoms with Crippen molar-refractivity contribution in [1.82, 2.24) is 10.2 Å². The zero-order valence-corrected chi connectivity index (χ0v) is 14.1. The molecule has 1 saturated heterocycles. The molecule has 2 aliphatic carbocycles. The molecular weight excluding hydrogens is 284 g/mol. The minimum atomic E-state index is -0.586. The summed E-state index contributed by atoms with van der Waals surface area (Å²) in [7, 11) is 0. The first-order valence-electron chi connectivity index (χ1n) is 8.11. The van der Waals surface area contributed by atoms with Gasteiger partial charge in [-0.3, -0.25) is 9.59 Å². The normalized spacial score (nSPS) is 30.1. The Balaban J connectivity index is 1.89. The van der Waals surface area contributed by atoms with E-state index in [2.05, 4.69) is 11.6 Å². The lowest BCUT2D eigenvalue weighted by atomic mass is 9.87. The largest absolute Gasteiger partial charge is 0.340 e. The average Bonchev–Trinajstić information content (AvgIpc) is 3.06. The van der Waals surface area contributed by atoms with Crippen molar-refractivity contribution in [3.05, 3.63) is 0 Å². The Morgan fingerprint density at radius 1 is 1.24 bits per heavy atom. The fourth-order valence-corrected chi connectivity index (χ4v) is 4.71. The number of nitrogens with zero attached hydrogens (tertiary/aromatic N) is 1. The minimum Gasteiger partial charge on any atom is -0.340 e. The van der Waals surface area contributed by atoms with Gasteiger partial charge in [0.2, 0.25) is 11.8 Å². The number of piperazine rings is 1. The second-order valence-corrected chi connectivity index (χ2v) is 8.56. The highest BCUT2D eigenvalue weighted by Gasteiger charge is 2.55. The van der Waals surface area contributed by atoms with Crippen LogP contribution in [0.5, 0.6) is 0 Å². The molecule has 1 spiro atoms. The molecule has 3 aliphatic rings. The molecule has 1 atom stereocenters. The third kappa shape index (κ3) is 2.47. The van der Waals surface area contributed by atoms with Crippen LogP contribution in [0, 0.1) is 5.92 Å². The van der Waals surface area contributed by atoms with Crippen LogP contribution in [0.2, 0.25) is 0 Å². The summed E-state index contributed by atoms with van der Waals surface area (Å²) in [5.41, 5.74) is -0.586. The molecule has 0 aromatic heterocycles. The van der Waals surface area contributed by atoms with E-state index < -0.39 is 5.54 Å². The van der Waals surface area contributed by atoms with Gasteiger partial charge >= 0.3 is 0 Å². The molecule has 0 aromatic rings. The van der Waals surface area contributed by atoms with Crippen molar-refractivity contribution < 1.29 is 9.59 Å². The number of thioether (sulfide) groups is 1. The first-order chi connectivity index (χ1) is 9.93. The molecule has 2 saturated carbocycles. The lowest BCUT2D eigenvalue weighted by Gasteiger charge is -2.47. The molecule has 2 amide bonds. The predicted molar refractivity (Wildman–Crippen MR) is 85.2 cm³/mol. The van der Waals surface area contributed by atoms with E-state index in [4.69, 9.17) is 0 Å². The predicted octanol–water partition coefficient (Wildman–Crippen LogP) is 2.18. The van der Waals surface area contributed by atoms with Crippen molar-refractivity contribution in [3.63, 3.8) is 0 Å². The second-order valence-electron chi connectivity index (χ2n) is 7.29. The van der Waals surface area contributed by atoms with Crippen LogP contribution in [0.4, 0.5) is 0 Å². The standard InChI is InChI=1S/C16H26N2O2S/c1-11(2)12-13(19)17-16(6-4-5-7-16)14(20)18(12)10-15(21-3)8-9-15/h11-12H,4-10H2,1-3H3,(H,17,19). The SMILES string of the molecule is CSC1(CN2C(=O)C3(CCCC3)NC(=O)C2C(C)C)CC1. The summed E-state index contributed by atoms with van der Waals surface area (Å²) in [6.45, 7) is 4.82. The van der Waals surface area contributed by atoms with Gasteiger partial charge in [-0.05, 0) is 37.9 Å². The van der Waals surface area contributed by atoms with Gasteiger partial charge in [0.1, 0.15) is 11.6 Å². The van der Waals surface area contributed by atoms with Crippen LogP contribution in [0.25, 0.3) is 0 Å². The van der Waals surface area contributed by atoms with Crippen LogP contribution < -0.4 is 5.32 Å². The average molecular weight is 310 g/mol. The lowest BCUT2D eigenvalue weighted by molar-refractivity contribution is -0.156. The highest BCUT2D eigenvalue weighted by Crippen LogP contribution is 2.49. The molecule has 0 aromatic carbocycles. The summed E-state index contributed by atoms with van der Waals surface area (Å²) in [6.07, 6.45) is 8.15.